The molecular formula is C21H12ClNO. The molecule has 3 heteroatoms. The van der Waals surface area contributed by atoms with Crippen LogP contribution in [0, 0.1) is 0 Å². The molecule has 1 aliphatic carbocycles. The van der Waals surface area contributed by atoms with Gasteiger partial charge in [-0.1, -0.05) is 54.1 Å². The van der Waals surface area contributed by atoms with Crippen LogP contribution in [-0.2, 0) is 0 Å². The third-order valence-electron chi connectivity index (χ3n) is 4.60. The molecule has 0 spiro atoms. The minimum absolute atomic E-state index is 0.0718. The topological polar surface area (TPSA) is 22.0 Å². The van der Waals surface area contributed by atoms with Crippen LogP contribution in [0.3, 0.4) is 0 Å². The van der Waals surface area contributed by atoms with E-state index in [1.54, 1.807) is 0 Å². The lowest BCUT2D eigenvalue weighted by Gasteiger charge is -2.10. The maximum absolute atomic E-state index is 13.0. The Labute approximate surface area is 143 Å². The Morgan fingerprint density at radius 1 is 0.792 bits per heavy atom. The number of carbonyl (C=O) groups excluding carboxylic acids is 1. The second-order valence-corrected chi connectivity index (χ2v) is 6.37. The molecule has 24 heavy (non-hydrogen) atoms. The Bertz CT molecular complexity index is 1130. The highest BCUT2D eigenvalue weighted by molar-refractivity contribution is 6.33. The van der Waals surface area contributed by atoms with Crippen molar-refractivity contribution < 1.29 is 4.79 Å². The van der Waals surface area contributed by atoms with E-state index < -0.39 is 0 Å². The first-order valence-electron chi connectivity index (χ1n) is 7.79. The average molecular weight is 330 g/mol. The highest BCUT2D eigenvalue weighted by Crippen LogP contribution is 2.44. The van der Waals surface area contributed by atoms with Crippen molar-refractivity contribution in [2.45, 2.75) is 0 Å². The summed E-state index contributed by atoms with van der Waals surface area (Å²) in [5.41, 5.74) is 5.48. The first-order chi connectivity index (χ1) is 11.8. The molecule has 0 saturated heterocycles. The fraction of sp³-hybridized carbons (Fsp3) is 0. The van der Waals surface area contributed by atoms with Crippen LogP contribution in [0.4, 0.5) is 0 Å². The number of aromatic nitrogens is 1. The predicted octanol–water partition coefficient (Wildman–Crippen LogP) is 5.50. The van der Waals surface area contributed by atoms with Crippen LogP contribution in [0.2, 0.25) is 5.02 Å². The zero-order valence-electron chi connectivity index (χ0n) is 12.7. The van der Waals surface area contributed by atoms with Crippen molar-refractivity contribution in [3.8, 4) is 16.9 Å². The fourth-order valence-electron chi connectivity index (χ4n) is 3.62. The van der Waals surface area contributed by atoms with Gasteiger partial charge in [0.15, 0.2) is 5.78 Å². The number of ketones is 1. The zero-order chi connectivity index (χ0) is 16.3. The molecule has 0 aliphatic heterocycles. The standard InChI is InChI=1S/C21H12ClNO/c22-13-10-11-18-17(12-13)19-20(23(18)14-6-2-1-3-7-14)15-8-4-5-9-16(15)21(19)24/h1-12H. The fourth-order valence-corrected chi connectivity index (χ4v) is 3.79. The molecule has 0 N–H and O–H groups in total. The SMILES string of the molecule is O=C1c2ccccc2-c2c1c1cc(Cl)ccc1n2-c1ccccc1. The van der Waals surface area contributed by atoms with E-state index >= 15 is 0 Å². The van der Waals surface area contributed by atoms with Crippen molar-refractivity contribution >= 4 is 28.3 Å². The molecule has 5 rings (SSSR count). The number of hydrogen-bond donors (Lipinski definition) is 0. The summed E-state index contributed by atoms with van der Waals surface area (Å²) in [5, 5.41) is 1.54. The van der Waals surface area contributed by atoms with Gasteiger partial charge in [-0.3, -0.25) is 4.79 Å². The van der Waals surface area contributed by atoms with Crippen LogP contribution < -0.4 is 0 Å². The van der Waals surface area contributed by atoms with Crippen LogP contribution in [-0.4, -0.2) is 10.4 Å². The zero-order valence-corrected chi connectivity index (χ0v) is 13.4. The summed E-state index contributed by atoms with van der Waals surface area (Å²) in [5.74, 6) is 0.0718. The van der Waals surface area contributed by atoms with Gasteiger partial charge in [0.2, 0.25) is 0 Å². The van der Waals surface area contributed by atoms with Gasteiger partial charge in [-0.05, 0) is 30.3 Å². The lowest BCUT2D eigenvalue weighted by molar-refractivity contribution is 0.104. The molecule has 0 saturated carbocycles. The second-order valence-electron chi connectivity index (χ2n) is 5.93. The minimum atomic E-state index is 0.0718. The van der Waals surface area contributed by atoms with E-state index in [9.17, 15) is 4.79 Å². The van der Waals surface area contributed by atoms with E-state index in [0.717, 1.165) is 39.0 Å². The van der Waals surface area contributed by atoms with Crippen molar-refractivity contribution in [3.05, 3.63) is 88.9 Å². The van der Waals surface area contributed by atoms with Gasteiger partial charge in [-0.15, -0.1) is 0 Å². The molecule has 0 amide bonds. The monoisotopic (exact) mass is 329 g/mol. The van der Waals surface area contributed by atoms with Gasteiger partial charge in [0.05, 0.1) is 16.8 Å². The lowest BCUT2D eigenvalue weighted by atomic mass is 10.1. The van der Waals surface area contributed by atoms with Crippen LogP contribution in [0.1, 0.15) is 15.9 Å². The molecule has 0 fully saturated rings. The predicted molar refractivity (Wildman–Crippen MR) is 97.2 cm³/mol. The van der Waals surface area contributed by atoms with E-state index in [-0.39, 0.29) is 5.78 Å². The number of carbonyl (C=O) groups is 1. The summed E-state index contributed by atoms with van der Waals surface area (Å²) < 4.78 is 2.16. The smallest absolute Gasteiger partial charge is 0.196 e. The maximum Gasteiger partial charge on any atom is 0.196 e. The van der Waals surface area contributed by atoms with Crippen molar-refractivity contribution in [3.63, 3.8) is 0 Å². The van der Waals surface area contributed by atoms with Gasteiger partial charge in [-0.25, -0.2) is 0 Å². The van der Waals surface area contributed by atoms with E-state index in [1.807, 2.05) is 60.7 Å². The Hall–Kier alpha value is -2.84. The quantitative estimate of drug-likeness (QED) is 0.398. The summed E-state index contributed by atoms with van der Waals surface area (Å²) in [6.45, 7) is 0. The summed E-state index contributed by atoms with van der Waals surface area (Å²) in [7, 11) is 0. The number of para-hydroxylation sites is 1. The van der Waals surface area contributed by atoms with Crippen LogP contribution >= 0.6 is 11.6 Å². The van der Waals surface area contributed by atoms with E-state index in [2.05, 4.69) is 16.7 Å². The summed E-state index contributed by atoms with van der Waals surface area (Å²) in [6.07, 6.45) is 0. The Balaban J connectivity index is 2.00. The van der Waals surface area contributed by atoms with Crippen LogP contribution in [0.25, 0.3) is 27.8 Å². The van der Waals surface area contributed by atoms with Gasteiger partial charge in [0, 0.05) is 27.2 Å². The average Bonchev–Trinajstić information content (AvgIpc) is 3.10. The van der Waals surface area contributed by atoms with Gasteiger partial charge >= 0.3 is 0 Å². The Morgan fingerprint density at radius 3 is 2.29 bits per heavy atom. The number of hydrogen-bond acceptors (Lipinski definition) is 1. The van der Waals surface area contributed by atoms with Crippen molar-refractivity contribution in [1.29, 1.82) is 0 Å². The van der Waals surface area contributed by atoms with Crippen molar-refractivity contribution in [2.75, 3.05) is 0 Å². The third-order valence-corrected chi connectivity index (χ3v) is 4.83. The Kier molecular flexibility index (Phi) is 2.73. The van der Waals surface area contributed by atoms with Crippen LogP contribution in [0.15, 0.2) is 72.8 Å². The third kappa shape index (κ3) is 1.69. The molecule has 4 aromatic rings. The van der Waals surface area contributed by atoms with Crippen molar-refractivity contribution in [1.82, 2.24) is 4.57 Å². The largest absolute Gasteiger partial charge is 0.308 e. The number of benzene rings is 3. The number of rotatable bonds is 1. The van der Waals surface area contributed by atoms with Crippen molar-refractivity contribution in [2.24, 2.45) is 0 Å². The molecule has 114 valence electrons. The van der Waals surface area contributed by atoms with Gasteiger partial charge in [-0.2, -0.15) is 0 Å². The highest BCUT2D eigenvalue weighted by Gasteiger charge is 2.33. The normalized spacial score (nSPS) is 12.5. The first-order valence-corrected chi connectivity index (χ1v) is 8.17. The molecule has 3 aromatic carbocycles. The maximum atomic E-state index is 13.0. The second kappa shape index (κ2) is 4.83. The summed E-state index contributed by atoms with van der Waals surface area (Å²) >= 11 is 6.21. The number of nitrogens with zero attached hydrogens (tertiary/aromatic N) is 1. The number of halogens is 1. The molecule has 0 radical (unpaired) electrons. The molecule has 0 unspecified atom stereocenters. The number of fused-ring (bicyclic) bond motifs is 5. The molecule has 0 atom stereocenters. The molecular weight excluding hydrogens is 318 g/mol. The molecule has 0 bridgehead atoms. The molecule has 2 nitrogen and oxygen atoms in total. The van der Waals surface area contributed by atoms with Gasteiger partial charge < -0.3 is 4.57 Å². The van der Waals surface area contributed by atoms with E-state index in [1.165, 1.54) is 0 Å². The van der Waals surface area contributed by atoms with Gasteiger partial charge in [0.25, 0.3) is 0 Å². The summed E-state index contributed by atoms with van der Waals surface area (Å²) in [6, 6.07) is 23.6. The van der Waals surface area contributed by atoms with E-state index in [4.69, 9.17) is 11.6 Å². The highest BCUT2D eigenvalue weighted by atomic mass is 35.5. The Morgan fingerprint density at radius 2 is 1.50 bits per heavy atom. The lowest BCUT2D eigenvalue weighted by Crippen LogP contribution is -1.96. The molecule has 1 aromatic heterocycles. The first kappa shape index (κ1) is 13.6. The van der Waals surface area contributed by atoms with Gasteiger partial charge in [0.1, 0.15) is 0 Å². The van der Waals surface area contributed by atoms with E-state index in [0.29, 0.717) is 5.02 Å². The minimum Gasteiger partial charge on any atom is -0.308 e. The molecule has 1 heterocycles. The molecule has 1 aliphatic rings. The van der Waals surface area contributed by atoms with Crippen LogP contribution in [0.5, 0.6) is 0 Å². The summed E-state index contributed by atoms with van der Waals surface area (Å²) in [4.78, 5) is 13.0.